The zero-order valence-electron chi connectivity index (χ0n) is 9.39. The van der Waals surface area contributed by atoms with Gasteiger partial charge in [-0.05, 0) is 12.3 Å². The number of hydrogen-bond donors (Lipinski definition) is 1. The van der Waals surface area contributed by atoms with Crippen molar-refractivity contribution < 1.29 is 17.9 Å². The van der Waals surface area contributed by atoms with Crippen molar-refractivity contribution in [3.05, 3.63) is 0 Å². The zero-order valence-corrected chi connectivity index (χ0v) is 10.2. The van der Waals surface area contributed by atoms with Gasteiger partial charge in [0, 0.05) is 6.26 Å². The second kappa shape index (κ2) is 6.07. The molecule has 0 aliphatic heterocycles. The van der Waals surface area contributed by atoms with E-state index < -0.39 is 21.8 Å². The first kappa shape index (κ1) is 14.4. The van der Waals surface area contributed by atoms with Gasteiger partial charge in [-0.15, -0.1) is 0 Å². The Bertz CT molecular complexity index is 297. The minimum Gasteiger partial charge on any atom is -0.464 e. The van der Waals surface area contributed by atoms with Crippen LogP contribution in [0.2, 0.25) is 0 Å². The fourth-order valence-corrected chi connectivity index (χ4v) is 1.50. The van der Waals surface area contributed by atoms with Crippen LogP contribution in [0.15, 0.2) is 0 Å². The molecule has 0 aromatic carbocycles. The van der Waals surface area contributed by atoms with Gasteiger partial charge in [0.15, 0.2) is 0 Å². The molecular formula is C9H19NO4S. The lowest BCUT2D eigenvalue weighted by molar-refractivity contribution is -0.146. The molecule has 0 unspecified atom stereocenters. The van der Waals surface area contributed by atoms with E-state index in [1.807, 2.05) is 13.8 Å². The van der Waals surface area contributed by atoms with Gasteiger partial charge in [-0.2, -0.15) is 0 Å². The van der Waals surface area contributed by atoms with Gasteiger partial charge in [-0.1, -0.05) is 13.8 Å². The molecule has 0 saturated carbocycles. The standard InChI is InChI=1S/C9H19NO4S/c1-7(2)6-14-9(11)8(10)4-5-15(3,12)13/h7-8H,4-6,10H2,1-3H3/t8-/m0/s1. The summed E-state index contributed by atoms with van der Waals surface area (Å²) in [4.78, 5) is 11.2. The topological polar surface area (TPSA) is 86.5 Å². The Balaban J connectivity index is 3.90. The van der Waals surface area contributed by atoms with Crippen molar-refractivity contribution in [2.24, 2.45) is 11.7 Å². The number of carbonyl (C=O) groups excluding carboxylic acids is 1. The van der Waals surface area contributed by atoms with Crippen LogP contribution < -0.4 is 5.73 Å². The van der Waals surface area contributed by atoms with Gasteiger partial charge in [0.1, 0.15) is 15.9 Å². The smallest absolute Gasteiger partial charge is 0.322 e. The van der Waals surface area contributed by atoms with Gasteiger partial charge < -0.3 is 10.5 Å². The molecule has 0 bridgehead atoms. The van der Waals surface area contributed by atoms with Crippen LogP contribution in [0.5, 0.6) is 0 Å². The maximum Gasteiger partial charge on any atom is 0.322 e. The zero-order chi connectivity index (χ0) is 12.1. The van der Waals surface area contributed by atoms with E-state index in [0.29, 0.717) is 6.61 Å². The van der Waals surface area contributed by atoms with Crippen LogP contribution in [0.3, 0.4) is 0 Å². The third-order valence-corrected chi connectivity index (χ3v) is 2.64. The lowest BCUT2D eigenvalue weighted by Crippen LogP contribution is -2.34. The first-order valence-corrected chi connectivity index (χ1v) is 6.88. The molecule has 0 fully saturated rings. The second-order valence-corrected chi connectivity index (χ2v) is 6.31. The van der Waals surface area contributed by atoms with E-state index in [0.717, 1.165) is 6.26 Å². The fourth-order valence-electron chi connectivity index (χ4n) is 0.815. The summed E-state index contributed by atoms with van der Waals surface area (Å²) >= 11 is 0. The molecule has 1 atom stereocenters. The van der Waals surface area contributed by atoms with Crippen LogP contribution in [0, 0.1) is 5.92 Å². The van der Waals surface area contributed by atoms with E-state index in [2.05, 4.69) is 0 Å². The highest BCUT2D eigenvalue weighted by molar-refractivity contribution is 7.90. The lowest BCUT2D eigenvalue weighted by atomic mass is 10.2. The van der Waals surface area contributed by atoms with Crippen LogP contribution >= 0.6 is 0 Å². The van der Waals surface area contributed by atoms with Crippen molar-refractivity contribution in [3.8, 4) is 0 Å². The Labute approximate surface area is 90.9 Å². The molecular weight excluding hydrogens is 218 g/mol. The Morgan fingerprint density at radius 3 is 2.33 bits per heavy atom. The summed E-state index contributed by atoms with van der Waals surface area (Å²) in [6.07, 6.45) is 1.22. The SMILES string of the molecule is CC(C)COC(=O)[C@@H](N)CCS(C)(=O)=O. The summed E-state index contributed by atoms with van der Waals surface area (Å²) in [5, 5.41) is 0. The van der Waals surface area contributed by atoms with E-state index in [9.17, 15) is 13.2 Å². The number of carbonyl (C=O) groups is 1. The molecule has 0 aromatic heterocycles. The van der Waals surface area contributed by atoms with Gasteiger partial charge in [0.25, 0.3) is 0 Å². The van der Waals surface area contributed by atoms with Crippen LogP contribution in [0.25, 0.3) is 0 Å². The molecule has 5 nitrogen and oxygen atoms in total. The van der Waals surface area contributed by atoms with Crippen molar-refractivity contribution >= 4 is 15.8 Å². The molecule has 0 saturated heterocycles. The average molecular weight is 237 g/mol. The molecule has 2 N–H and O–H groups in total. The highest BCUT2D eigenvalue weighted by Crippen LogP contribution is 1.99. The maximum absolute atomic E-state index is 11.2. The summed E-state index contributed by atoms with van der Waals surface area (Å²) < 4.78 is 26.5. The second-order valence-electron chi connectivity index (χ2n) is 4.05. The number of esters is 1. The van der Waals surface area contributed by atoms with E-state index >= 15 is 0 Å². The largest absolute Gasteiger partial charge is 0.464 e. The van der Waals surface area contributed by atoms with Crippen molar-refractivity contribution in [2.45, 2.75) is 26.3 Å². The summed E-state index contributed by atoms with van der Waals surface area (Å²) in [5.41, 5.74) is 5.47. The molecule has 15 heavy (non-hydrogen) atoms. The van der Waals surface area contributed by atoms with Gasteiger partial charge in [0.2, 0.25) is 0 Å². The van der Waals surface area contributed by atoms with Crippen LogP contribution in [-0.4, -0.2) is 39.0 Å². The van der Waals surface area contributed by atoms with Gasteiger partial charge >= 0.3 is 5.97 Å². The summed E-state index contributed by atoms with van der Waals surface area (Å²) in [6.45, 7) is 4.13. The van der Waals surface area contributed by atoms with Crippen molar-refractivity contribution in [1.29, 1.82) is 0 Å². The Kier molecular flexibility index (Phi) is 5.82. The number of hydrogen-bond acceptors (Lipinski definition) is 5. The monoisotopic (exact) mass is 237 g/mol. The highest BCUT2D eigenvalue weighted by Gasteiger charge is 2.17. The number of rotatable bonds is 6. The maximum atomic E-state index is 11.2. The average Bonchev–Trinajstić information content (AvgIpc) is 2.08. The molecule has 0 amide bonds. The van der Waals surface area contributed by atoms with Crippen molar-refractivity contribution in [1.82, 2.24) is 0 Å². The van der Waals surface area contributed by atoms with E-state index in [1.165, 1.54) is 0 Å². The normalized spacial score (nSPS) is 13.9. The summed E-state index contributed by atoms with van der Waals surface area (Å²) in [5.74, 6) is -0.381. The van der Waals surface area contributed by atoms with Gasteiger partial charge in [0.05, 0.1) is 12.4 Å². The third kappa shape index (κ3) is 8.38. The third-order valence-electron chi connectivity index (χ3n) is 1.66. The molecule has 0 aromatic rings. The number of sulfone groups is 1. The molecule has 0 heterocycles. The predicted molar refractivity (Wildman–Crippen MR) is 58.1 cm³/mol. The molecule has 0 radical (unpaired) electrons. The first-order chi connectivity index (χ1) is 6.72. The molecule has 0 rings (SSSR count). The molecule has 6 heteroatoms. The molecule has 90 valence electrons. The molecule has 0 aliphatic carbocycles. The first-order valence-electron chi connectivity index (χ1n) is 4.82. The summed E-state index contributed by atoms with van der Waals surface area (Å²) in [7, 11) is -3.07. The molecule has 0 spiro atoms. The van der Waals surface area contributed by atoms with Crippen molar-refractivity contribution in [3.63, 3.8) is 0 Å². The lowest BCUT2D eigenvalue weighted by Gasteiger charge is -2.12. The van der Waals surface area contributed by atoms with Gasteiger partial charge in [-0.25, -0.2) is 8.42 Å². The minimum atomic E-state index is -3.07. The predicted octanol–water partition coefficient (Wildman–Crippen LogP) is -0.0524. The van der Waals surface area contributed by atoms with Crippen LogP contribution in [0.4, 0.5) is 0 Å². The Morgan fingerprint density at radius 2 is 1.93 bits per heavy atom. The number of ether oxygens (including phenoxy) is 1. The fraction of sp³-hybridized carbons (Fsp3) is 0.889. The van der Waals surface area contributed by atoms with Gasteiger partial charge in [-0.3, -0.25) is 4.79 Å². The highest BCUT2D eigenvalue weighted by atomic mass is 32.2. The Morgan fingerprint density at radius 1 is 1.40 bits per heavy atom. The van der Waals surface area contributed by atoms with Crippen molar-refractivity contribution in [2.75, 3.05) is 18.6 Å². The van der Waals surface area contributed by atoms with Crippen LogP contribution in [-0.2, 0) is 19.4 Å². The Hall–Kier alpha value is -0.620. The van der Waals surface area contributed by atoms with E-state index in [-0.39, 0.29) is 18.1 Å². The quantitative estimate of drug-likeness (QED) is 0.654. The van der Waals surface area contributed by atoms with Crippen LogP contribution in [0.1, 0.15) is 20.3 Å². The number of nitrogens with two attached hydrogens (primary N) is 1. The van der Waals surface area contributed by atoms with E-state index in [1.54, 1.807) is 0 Å². The van der Waals surface area contributed by atoms with E-state index in [4.69, 9.17) is 10.5 Å². The molecule has 0 aliphatic rings. The minimum absolute atomic E-state index is 0.0923. The summed E-state index contributed by atoms with van der Waals surface area (Å²) in [6, 6.07) is -0.849.